The summed E-state index contributed by atoms with van der Waals surface area (Å²) in [7, 11) is 0. The molecule has 2 rings (SSSR count). The van der Waals surface area contributed by atoms with Crippen LogP contribution < -0.4 is 14.8 Å². The minimum absolute atomic E-state index is 0.227. The molecule has 8 heteroatoms. The van der Waals surface area contributed by atoms with Crippen molar-refractivity contribution in [2.24, 2.45) is 0 Å². The minimum Gasteiger partial charge on any atom is -0.490 e. The Hall–Kier alpha value is -2.61. The molecule has 2 aromatic rings. The average Bonchev–Trinajstić information content (AvgIpc) is 2.91. The number of thiazole rings is 1. The van der Waals surface area contributed by atoms with Gasteiger partial charge in [0.2, 0.25) is 0 Å². The second kappa shape index (κ2) is 9.19. The van der Waals surface area contributed by atoms with Crippen LogP contribution in [0.4, 0.5) is 0 Å². The molecule has 7 nitrogen and oxygen atoms in total. The van der Waals surface area contributed by atoms with Crippen LogP contribution in [0.15, 0.2) is 18.2 Å². The SMILES string of the molecule is CCOc1cc(C(=O)NCCc2sc(C)nc2C)ccc1OCC(=O)O. The van der Waals surface area contributed by atoms with Gasteiger partial charge in [-0.15, -0.1) is 11.3 Å². The Balaban J connectivity index is 1.99. The number of rotatable bonds is 9. The van der Waals surface area contributed by atoms with Crippen molar-refractivity contribution in [2.45, 2.75) is 27.2 Å². The molecule has 0 saturated heterocycles. The zero-order valence-electron chi connectivity index (χ0n) is 15.0. The summed E-state index contributed by atoms with van der Waals surface area (Å²) in [6, 6.07) is 4.68. The summed E-state index contributed by atoms with van der Waals surface area (Å²) in [6.07, 6.45) is 0.723. The average molecular weight is 378 g/mol. The number of carbonyl (C=O) groups excluding carboxylic acids is 1. The molecule has 0 bridgehead atoms. The van der Waals surface area contributed by atoms with E-state index in [4.69, 9.17) is 14.6 Å². The Kier molecular flexibility index (Phi) is 6.97. The predicted octanol–water partition coefficient (Wildman–Crippen LogP) is 2.59. The number of nitrogens with one attached hydrogen (secondary N) is 1. The van der Waals surface area contributed by atoms with E-state index in [0.29, 0.717) is 30.2 Å². The molecule has 0 saturated carbocycles. The Morgan fingerprint density at radius 3 is 2.62 bits per heavy atom. The van der Waals surface area contributed by atoms with Crippen LogP contribution in [0.3, 0.4) is 0 Å². The van der Waals surface area contributed by atoms with Crippen LogP contribution in [-0.4, -0.2) is 41.7 Å². The molecule has 0 fully saturated rings. The quantitative estimate of drug-likeness (QED) is 0.696. The fourth-order valence-electron chi connectivity index (χ4n) is 2.37. The zero-order chi connectivity index (χ0) is 19.1. The smallest absolute Gasteiger partial charge is 0.341 e. The maximum atomic E-state index is 12.3. The zero-order valence-corrected chi connectivity index (χ0v) is 15.8. The van der Waals surface area contributed by atoms with Crippen molar-refractivity contribution in [3.05, 3.63) is 39.3 Å². The maximum absolute atomic E-state index is 12.3. The third-order valence-corrected chi connectivity index (χ3v) is 4.63. The van der Waals surface area contributed by atoms with E-state index in [1.54, 1.807) is 36.5 Å². The van der Waals surface area contributed by atoms with Gasteiger partial charge in [0, 0.05) is 23.4 Å². The van der Waals surface area contributed by atoms with Crippen molar-refractivity contribution in [3.63, 3.8) is 0 Å². The van der Waals surface area contributed by atoms with Gasteiger partial charge >= 0.3 is 5.97 Å². The monoisotopic (exact) mass is 378 g/mol. The van der Waals surface area contributed by atoms with Crippen LogP contribution in [0.5, 0.6) is 11.5 Å². The highest BCUT2D eigenvalue weighted by molar-refractivity contribution is 7.11. The topological polar surface area (TPSA) is 97.8 Å². The van der Waals surface area contributed by atoms with Crippen molar-refractivity contribution in [1.82, 2.24) is 10.3 Å². The lowest BCUT2D eigenvalue weighted by Gasteiger charge is -2.12. The minimum atomic E-state index is -1.08. The molecule has 1 aromatic heterocycles. The molecule has 26 heavy (non-hydrogen) atoms. The lowest BCUT2D eigenvalue weighted by Crippen LogP contribution is -2.25. The number of amides is 1. The number of benzene rings is 1. The first-order valence-corrected chi connectivity index (χ1v) is 9.05. The molecule has 0 unspecified atom stereocenters. The highest BCUT2D eigenvalue weighted by Crippen LogP contribution is 2.28. The fraction of sp³-hybridized carbons (Fsp3) is 0.389. The van der Waals surface area contributed by atoms with E-state index in [9.17, 15) is 9.59 Å². The van der Waals surface area contributed by atoms with Crippen LogP contribution in [0.1, 0.15) is 32.9 Å². The molecule has 1 heterocycles. The summed E-state index contributed by atoms with van der Waals surface area (Å²) >= 11 is 1.63. The van der Waals surface area contributed by atoms with Gasteiger partial charge in [-0.25, -0.2) is 9.78 Å². The van der Waals surface area contributed by atoms with Gasteiger partial charge < -0.3 is 19.9 Å². The van der Waals surface area contributed by atoms with Gasteiger partial charge in [-0.05, 0) is 39.0 Å². The van der Waals surface area contributed by atoms with E-state index in [-0.39, 0.29) is 5.91 Å². The number of carboxylic acids is 1. The normalized spacial score (nSPS) is 10.4. The number of nitrogens with zero attached hydrogens (tertiary/aromatic N) is 1. The van der Waals surface area contributed by atoms with Crippen molar-refractivity contribution < 1.29 is 24.2 Å². The molecular weight excluding hydrogens is 356 g/mol. The van der Waals surface area contributed by atoms with Crippen LogP contribution in [-0.2, 0) is 11.2 Å². The van der Waals surface area contributed by atoms with Crippen LogP contribution in [0, 0.1) is 13.8 Å². The van der Waals surface area contributed by atoms with Crippen LogP contribution >= 0.6 is 11.3 Å². The fourth-order valence-corrected chi connectivity index (χ4v) is 3.31. The molecule has 2 N–H and O–H groups in total. The first-order chi connectivity index (χ1) is 12.4. The van der Waals surface area contributed by atoms with Crippen molar-refractivity contribution >= 4 is 23.2 Å². The lowest BCUT2D eigenvalue weighted by molar-refractivity contribution is -0.139. The molecule has 140 valence electrons. The Morgan fingerprint density at radius 1 is 1.23 bits per heavy atom. The van der Waals surface area contributed by atoms with Gasteiger partial charge in [0.1, 0.15) is 0 Å². The van der Waals surface area contributed by atoms with E-state index in [0.717, 1.165) is 22.0 Å². The van der Waals surface area contributed by atoms with Gasteiger partial charge in [0.05, 0.1) is 17.3 Å². The predicted molar refractivity (Wildman–Crippen MR) is 98.4 cm³/mol. The first-order valence-electron chi connectivity index (χ1n) is 8.23. The van der Waals surface area contributed by atoms with E-state index < -0.39 is 12.6 Å². The molecular formula is C18H22N2O5S. The first kappa shape index (κ1) is 19.7. The van der Waals surface area contributed by atoms with Gasteiger partial charge in [-0.1, -0.05) is 0 Å². The third kappa shape index (κ3) is 5.45. The van der Waals surface area contributed by atoms with Gasteiger partial charge in [-0.3, -0.25) is 4.79 Å². The summed E-state index contributed by atoms with van der Waals surface area (Å²) in [4.78, 5) is 28.5. The Bertz CT molecular complexity index is 788. The molecule has 1 amide bonds. The molecule has 0 spiro atoms. The summed E-state index contributed by atoms with van der Waals surface area (Å²) in [5, 5.41) is 12.6. The summed E-state index contributed by atoms with van der Waals surface area (Å²) in [5.74, 6) is -0.672. The van der Waals surface area contributed by atoms with Crippen LogP contribution in [0.2, 0.25) is 0 Å². The Morgan fingerprint density at radius 2 is 2.00 bits per heavy atom. The van der Waals surface area contributed by atoms with Gasteiger partial charge in [-0.2, -0.15) is 0 Å². The highest BCUT2D eigenvalue weighted by atomic mass is 32.1. The molecule has 1 aromatic carbocycles. The number of hydrogen-bond acceptors (Lipinski definition) is 6. The summed E-state index contributed by atoms with van der Waals surface area (Å²) in [6.45, 7) is 6.13. The molecule has 0 aliphatic rings. The number of hydrogen-bond donors (Lipinski definition) is 2. The maximum Gasteiger partial charge on any atom is 0.341 e. The number of carbonyl (C=O) groups is 2. The largest absolute Gasteiger partial charge is 0.490 e. The Labute approximate surface area is 156 Å². The second-order valence-electron chi connectivity index (χ2n) is 5.52. The van der Waals surface area contributed by atoms with Crippen molar-refractivity contribution in [1.29, 1.82) is 0 Å². The van der Waals surface area contributed by atoms with Gasteiger partial charge in [0.25, 0.3) is 5.91 Å². The summed E-state index contributed by atoms with van der Waals surface area (Å²) < 4.78 is 10.6. The lowest BCUT2D eigenvalue weighted by atomic mass is 10.2. The second-order valence-corrected chi connectivity index (χ2v) is 6.81. The number of aromatic nitrogens is 1. The van der Waals surface area contributed by atoms with E-state index >= 15 is 0 Å². The molecule has 0 atom stereocenters. The van der Waals surface area contributed by atoms with Crippen molar-refractivity contribution in [3.8, 4) is 11.5 Å². The summed E-state index contributed by atoms with van der Waals surface area (Å²) in [5.41, 5.74) is 1.42. The molecule has 0 radical (unpaired) electrons. The van der Waals surface area contributed by atoms with E-state index in [1.165, 1.54) is 0 Å². The van der Waals surface area contributed by atoms with Gasteiger partial charge in [0.15, 0.2) is 18.1 Å². The van der Waals surface area contributed by atoms with E-state index in [1.807, 2.05) is 13.8 Å². The van der Waals surface area contributed by atoms with Crippen LogP contribution in [0.25, 0.3) is 0 Å². The molecule has 0 aliphatic heterocycles. The third-order valence-electron chi connectivity index (χ3n) is 3.49. The highest BCUT2D eigenvalue weighted by Gasteiger charge is 2.13. The standard InChI is InChI=1S/C18H22N2O5S/c1-4-24-15-9-13(5-6-14(15)25-10-17(21)22)18(23)19-8-7-16-11(2)20-12(3)26-16/h5-6,9H,4,7-8,10H2,1-3H3,(H,19,23)(H,21,22). The number of carboxylic acid groups (broad SMARTS) is 1. The van der Waals surface area contributed by atoms with E-state index in [2.05, 4.69) is 10.3 Å². The number of aryl methyl sites for hydroxylation is 2. The molecule has 0 aliphatic carbocycles. The number of aliphatic carboxylic acids is 1. The van der Waals surface area contributed by atoms with Crippen molar-refractivity contribution in [2.75, 3.05) is 19.8 Å². The number of ether oxygens (including phenoxy) is 2.